The van der Waals surface area contributed by atoms with Crippen LogP contribution in [0, 0.1) is 11.8 Å². The van der Waals surface area contributed by atoms with Gasteiger partial charge in [-0.25, -0.2) is 0 Å². The first-order valence-electron chi connectivity index (χ1n) is 12.7. The van der Waals surface area contributed by atoms with Gasteiger partial charge in [-0.15, -0.1) is 0 Å². The van der Waals surface area contributed by atoms with Gasteiger partial charge >= 0.3 is 0 Å². The van der Waals surface area contributed by atoms with Crippen molar-refractivity contribution in [2.75, 3.05) is 25.0 Å². The second-order valence-electron chi connectivity index (χ2n) is 9.74. The van der Waals surface area contributed by atoms with E-state index in [-0.39, 0.29) is 5.92 Å². The molecule has 2 aliphatic rings. The van der Waals surface area contributed by atoms with Crippen LogP contribution >= 0.6 is 0 Å². The lowest BCUT2D eigenvalue weighted by Crippen LogP contribution is -2.33. The molecule has 1 aromatic heterocycles. The van der Waals surface area contributed by atoms with Crippen molar-refractivity contribution in [2.24, 2.45) is 11.8 Å². The number of para-hydroxylation sites is 1. The third kappa shape index (κ3) is 4.81. The lowest BCUT2D eigenvalue weighted by Gasteiger charge is -2.33. The lowest BCUT2D eigenvalue weighted by atomic mass is 9.79. The number of pyridine rings is 1. The number of benzene rings is 2. The highest BCUT2D eigenvalue weighted by Crippen LogP contribution is 2.37. The Bertz CT molecular complexity index is 1100. The number of hydrogen-bond donors (Lipinski definition) is 1. The zero-order valence-corrected chi connectivity index (χ0v) is 19.7. The van der Waals surface area contributed by atoms with E-state index in [4.69, 9.17) is 4.98 Å². The molecular weight excluding hydrogens is 406 g/mol. The molecule has 1 aliphatic heterocycles. The maximum absolute atomic E-state index is 13.6. The molecule has 1 N–H and O–H groups in total. The zero-order valence-electron chi connectivity index (χ0n) is 19.7. The molecule has 1 unspecified atom stereocenters. The zero-order chi connectivity index (χ0) is 22.6. The highest BCUT2D eigenvalue weighted by Gasteiger charge is 2.32. The van der Waals surface area contributed by atoms with Crippen molar-refractivity contribution in [3.8, 4) is 0 Å². The van der Waals surface area contributed by atoms with Gasteiger partial charge in [0, 0.05) is 24.4 Å². The Hall–Kier alpha value is -2.72. The van der Waals surface area contributed by atoms with E-state index in [1.807, 2.05) is 12.1 Å². The number of aromatic nitrogens is 1. The van der Waals surface area contributed by atoms with E-state index in [0.29, 0.717) is 5.78 Å². The van der Waals surface area contributed by atoms with Crippen LogP contribution in [0.3, 0.4) is 0 Å². The van der Waals surface area contributed by atoms with Crippen molar-refractivity contribution < 1.29 is 4.79 Å². The van der Waals surface area contributed by atoms with Gasteiger partial charge in [0.1, 0.15) is 0 Å². The molecule has 2 heterocycles. The predicted molar refractivity (Wildman–Crippen MR) is 136 cm³/mol. The number of aryl methyl sites for hydroxylation is 1. The number of rotatable bonds is 7. The molecule has 33 heavy (non-hydrogen) atoms. The highest BCUT2D eigenvalue weighted by atomic mass is 16.1. The summed E-state index contributed by atoms with van der Waals surface area (Å²) in [5, 5.41) is 4.56. The lowest BCUT2D eigenvalue weighted by molar-refractivity contribution is 0.0881. The Labute approximate surface area is 197 Å². The normalized spacial score (nSPS) is 19.5. The van der Waals surface area contributed by atoms with Gasteiger partial charge in [-0.2, -0.15) is 0 Å². The number of piperidine rings is 1. The van der Waals surface area contributed by atoms with Crippen LogP contribution in [0.1, 0.15) is 60.6 Å². The summed E-state index contributed by atoms with van der Waals surface area (Å²) in [6.07, 6.45) is 6.53. The molecule has 0 spiro atoms. The predicted octanol–water partition coefficient (Wildman–Crippen LogP) is 6.10. The van der Waals surface area contributed by atoms with Crippen molar-refractivity contribution >= 4 is 22.4 Å². The quantitative estimate of drug-likeness (QED) is 0.481. The van der Waals surface area contributed by atoms with Crippen LogP contribution in [0.2, 0.25) is 0 Å². The number of anilines is 1. The first-order chi connectivity index (χ1) is 16.2. The Morgan fingerprint density at radius 3 is 2.52 bits per heavy atom. The molecule has 5 rings (SSSR count). The summed E-state index contributed by atoms with van der Waals surface area (Å²) >= 11 is 0. The Morgan fingerprint density at radius 2 is 1.73 bits per heavy atom. The fraction of sp³-hybridized carbons (Fsp3) is 0.448. The van der Waals surface area contributed by atoms with Gasteiger partial charge in [-0.1, -0.05) is 48.5 Å². The number of ketones is 1. The van der Waals surface area contributed by atoms with Crippen molar-refractivity contribution in [1.29, 1.82) is 0 Å². The van der Waals surface area contributed by atoms with Crippen LogP contribution in [0.25, 0.3) is 10.9 Å². The topological polar surface area (TPSA) is 45.2 Å². The van der Waals surface area contributed by atoms with Crippen LogP contribution in [-0.2, 0) is 13.0 Å². The summed E-state index contributed by atoms with van der Waals surface area (Å²) in [6.45, 7) is 6.29. The summed E-state index contributed by atoms with van der Waals surface area (Å²) in [5.74, 6) is 1.20. The minimum atomic E-state index is 0.139. The standard InChI is InChI=1S/C29H35N3O/c1-2-30-28-24-10-6-7-11-25(24)31-26-15-14-23(29(33)27(26)28)13-12-21-16-18-32(19-17-21)20-22-8-4-3-5-9-22/h3-11,21,23H,2,12-20H2,1H3,(H,30,31). The summed E-state index contributed by atoms with van der Waals surface area (Å²) in [6, 6.07) is 19.0. The third-order valence-electron chi connectivity index (χ3n) is 7.55. The molecule has 4 heteroatoms. The third-order valence-corrected chi connectivity index (χ3v) is 7.55. The average Bonchev–Trinajstić information content (AvgIpc) is 2.85. The molecule has 1 saturated heterocycles. The number of hydrogen-bond acceptors (Lipinski definition) is 4. The Balaban J connectivity index is 1.21. The van der Waals surface area contributed by atoms with Crippen LogP contribution in [0.5, 0.6) is 0 Å². The first-order valence-corrected chi connectivity index (χ1v) is 12.7. The number of carbonyl (C=O) groups excluding carboxylic acids is 1. The number of Topliss-reactive ketones (excluding diaryl/α,β-unsaturated/α-hetero) is 1. The maximum Gasteiger partial charge on any atom is 0.169 e. The van der Waals surface area contributed by atoms with Crippen molar-refractivity contribution in [2.45, 2.75) is 52.0 Å². The molecule has 172 valence electrons. The first kappa shape index (κ1) is 22.1. The molecule has 1 fully saturated rings. The monoisotopic (exact) mass is 441 g/mol. The average molecular weight is 442 g/mol. The molecule has 0 bridgehead atoms. The molecule has 3 aromatic rings. The fourth-order valence-electron chi connectivity index (χ4n) is 5.70. The van der Waals surface area contributed by atoms with Gasteiger partial charge in [-0.05, 0) is 76.1 Å². The van der Waals surface area contributed by atoms with E-state index in [1.54, 1.807) is 0 Å². The van der Waals surface area contributed by atoms with Gasteiger partial charge in [0.15, 0.2) is 5.78 Å². The van der Waals surface area contributed by atoms with E-state index in [2.05, 4.69) is 59.6 Å². The van der Waals surface area contributed by atoms with E-state index in [9.17, 15) is 4.79 Å². The van der Waals surface area contributed by atoms with Crippen LogP contribution < -0.4 is 5.32 Å². The van der Waals surface area contributed by atoms with E-state index in [0.717, 1.165) is 66.1 Å². The second-order valence-corrected chi connectivity index (χ2v) is 9.74. The van der Waals surface area contributed by atoms with Crippen LogP contribution in [-0.4, -0.2) is 35.3 Å². The molecule has 0 saturated carbocycles. The number of fused-ring (bicyclic) bond motifs is 2. The smallest absolute Gasteiger partial charge is 0.169 e. The molecule has 0 amide bonds. The SMILES string of the molecule is CCNc1c2c(nc3ccccc13)CCC(CCC1CCN(Cc3ccccc3)CC1)C2=O. The highest BCUT2D eigenvalue weighted by molar-refractivity contribution is 6.10. The van der Waals surface area contributed by atoms with E-state index < -0.39 is 0 Å². The van der Waals surface area contributed by atoms with Crippen LogP contribution in [0.15, 0.2) is 54.6 Å². The number of nitrogens with zero attached hydrogens (tertiary/aromatic N) is 2. The molecule has 0 radical (unpaired) electrons. The molecule has 2 aromatic carbocycles. The molecule has 1 aliphatic carbocycles. The number of nitrogens with one attached hydrogen (secondary N) is 1. The van der Waals surface area contributed by atoms with E-state index in [1.165, 1.54) is 37.9 Å². The number of carbonyl (C=O) groups is 1. The summed E-state index contributed by atoms with van der Waals surface area (Å²) in [5.41, 5.74) is 5.24. The Morgan fingerprint density at radius 1 is 0.970 bits per heavy atom. The molecule has 1 atom stereocenters. The van der Waals surface area contributed by atoms with Gasteiger partial charge in [0.05, 0.1) is 22.5 Å². The fourth-order valence-corrected chi connectivity index (χ4v) is 5.70. The van der Waals surface area contributed by atoms with Crippen LogP contribution in [0.4, 0.5) is 5.69 Å². The van der Waals surface area contributed by atoms with Gasteiger partial charge < -0.3 is 5.32 Å². The van der Waals surface area contributed by atoms with Gasteiger partial charge in [-0.3, -0.25) is 14.7 Å². The second kappa shape index (κ2) is 10.0. The summed E-state index contributed by atoms with van der Waals surface area (Å²) in [7, 11) is 0. The van der Waals surface area contributed by atoms with Gasteiger partial charge in [0.25, 0.3) is 0 Å². The minimum Gasteiger partial charge on any atom is -0.384 e. The van der Waals surface area contributed by atoms with Gasteiger partial charge in [0.2, 0.25) is 0 Å². The number of likely N-dealkylation sites (tertiary alicyclic amines) is 1. The largest absolute Gasteiger partial charge is 0.384 e. The molecule has 4 nitrogen and oxygen atoms in total. The van der Waals surface area contributed by atoms with Crippen molar-refractivity contribution in [1.82, 2.24) is 9.88 Å². The summed E-state index contributed by atoms with van der Waals surface area (Å²) < 4.78 is 0. The maximum atomic E-state index is 13.6. The van der Waals surface area contributed by atoms with Crippen molar-refractivity contribution in [3.63, 3.8) is 0 Å². The van der Waals surface area contributed by atoms with Crippen molar-refractivity contribution in [3.05, 3.63) is 71.4 Å². The summed E-state index contributed by atoms with van der Waals surface area (Å²) in [4.78, 5) is 21.0. The molecular formula is C29H35N3O. The van der Waals surface area contributed by atoms with E-state index >= 15 is 0 Å². The Kier molecular flexibility index (Phi) is 6.73. The minimum absolute atomic E-state index is 0.139.